The first-order valence-electron chi connectivity index (χ1n) is 5.14. The molecule has 0 bridgehead atoms. The Balaban J connectivity index is 2.51. The number of thiophene rings is 1. The van der Waals surface area contributed by atoms with E-state index in [0.717, 1.165) is 19.4 Å². The molecule has 0 aliphatic rings. The largest absolute Gasteiger partial charge is 0.307 e. The van der Waals surface area contributed by atoms with E-state index in [9.17, 15) is 0 Å². The van der Waals surface area contributed by atoms with Crippen molar-refractivity contribution in [2.24, 2.45) is 0 Å². The molecule has 0 aliphatic carbocycles. The Morgan fingerprint density at radius 3 is 2.80 bits per heavy atom. The van der Waals surface area contributed by atoms with Crippen molar-refractivity contribution >= 4 is 38.9 Å². The van der Waals surface area contributed by atoms with Gasteiger partial charge in [-0.05, 0) is 47.1 Å². The van der Waals surface area contributed by atoms with E-state index in [2.05, 4.69) is 46.5 Å². The summed E-state index contributed by atoms with van der Waals surface area (Å²) in [7, 11) is 0. The quantitative estimate of drug-likeness (QED) is 0.768. The summed E-state index contributed by atoms with van der Waals surface area (Å²) in [5.74, 6) is 0.711. The van der Waals surface area contributed by atoms with Gasteiger partial charge in [0.15, 0.2) is 0 Å². The number of nitrogens with one attached hydrogen (secondary N) is 1. The second kappa shape index (κ2) is 6.24. The summed E-state index contributed by atoms with van der Waals surface area (Å²) in [6, 6.07) is 2.09. The molecule has 1 aromatic rings. The zero-order valence-corrected chi connectivity index (χ0v) is 12.3. The van der Waals surface area contributed by atoms with Gasteiger partial charge in [0, 0.05) is 27.3 Å². The summed E-state index contributed by atoms with van der Waals surface area (Å²) in [6.07, 6.45) is 2.11. The summed E-state index contributed by atoms with van der Waals surface area (Å²) in [4.78, 5) is 1.35. The Morgan fingerprint density at radius 1 is 1.60 bits per heavy atom. The molecule has 0 aliphatic heterocycles. The number of hydrogen-bond donors (Lipinski definition) is 1. The van der Waals surface area contributed by atoms with Crippen LogP contribution in [0.3, 0.4) is 0 Å². The van der Waals surface area contributed by atoms with Crippen LogP contribution in [0.4, 0.5) is 0 Å². The van der Waals surface area contributed by atoms with Gasteiger partial charge < -0.3 is 5.32 Å². The van der Waals surface area contributed by atoms with Crippen LogP contribution < -0.4 is 5.32 Å². The standard InChI is InChI=1S/C11H17BrClNS/c1-3-11(2,5-6-13)14-8-10-9(12)4-7-15-10/h4,7,14H,3,5-6,8H2,1-2H3. The zero-order chi connectivity index (χ0) is 11.3. The Hall–Kier alpha value is 0.430. The number of hydrogen-bond acceptors (Lipinski definition) is 2. The molecule has 1 rings (SSSR count). The van der Waals surface area contributed by atoms with E-state index in [1.807, 2.05) is 0 Å². The molecule has 1 nitrogen and oxygen atoms in total. The Labute approximate surface area is 109 Å². The van der Waals surface area contributed by atoms with E-state index in [-0.39, 0.29) is 5.54 Å². The predicted molar refractivity (Wildman–Crippen MR) is 72.9 cm³/mol. The molecule has 0 saturated carbocycles. The normalized spacial score (nSPS) is 15.2. The van der Waals surface area contributed by atoms with Gasteiger partial charge in [-0.3, -0.25) is 0 Å². The van der Waals surface area contributed by atoms with E-state index < -0.39 is 0 Å². The molecular weight excluding hydrogens is 294 g/mol. The van der Waals surface area contributed by atoms with Crippen LogP contribution in [0.5, 0.6) is 0 Å². The van der Waals surface area contributed by atoms with Gasteiger partial charge in [0.25, 0.3) is 0 Å². The first kappa shape index (κ1) is 13.5. The van der Waals surface area contributed by atoms with Crippen molar-refractivity contribution in [2.45, 2.75) is 38.8 Å². The smallest absolute Gasteiger partial charge is 0.0327 e. The minimum absolute atomic E-state index is 0.158. The maximum absolute atomic E-state index is 5.81. The third kappa shape index (κ3) is 4.06. The average molecular weight is 311 g/mol. The molecule has 0 saturated heterocycles. The highest BCUT2D eigenvalue weighted by Gasteiger charge is 2.20. The summed E-state index contributed by atoms with van der Waals surface area (Å²) < 4.78 is 1.20. The van der Waals surface area contributed by atoms with Crippen molar-refractivity contribution in [3.05, 3.63) is 20.8 Å². The van der Waals surface area contributed by atoms with Crippen LogP contribution in [0.1, 0.15) is 31.6 Å². The summed E-state index contributed by atoms with van der Waals surface area (Å²) in [6.45, 7) is 5.35. The van der Waals surface area contributed by atoms with Gasteiger partial charge in [0.1, 0.15) is 0 Å². The summed E-state index contributed by atoms with van der Waals surface area (Å²) >= 11 is 11.1. The van der Waals surface area contributed by atoms with Crippen LogP contribution in [-0.2, 0) is 6.54 Å². The highest BCUT2D eigenvalue weighted by molar-refractivity contribution is 9.10. The maximum Gasteiger partial charge on any atom is 0.0327 e. The predicted octanol–water partition coefficient (Wildman–Crippen LogP) is 4.40. The van der Waals surface area contributed by atoms with Crippen LogP contribution in [-0.4, -0.2) is 11.4 Å². The summed E-state index contributed by atoms with van der Waals surface area (Å²) in [5, 5.41) is 5.69. The molecule has 0 aromatic carbocycles. The monoisotopic (exact) mass is 309 g/mol. The molecule has 86 valence electrons. The molecule has 1 unspecified atom stereocenters. The Bertz CT molecular complexity index is 303. The molecule has 1 atom stereocenters. The average Bonchev–Trinajstić information content (AvgIpc) is 2.62. The van der Waals surface area contributed by atoms with E-state index in [4.69, 9.17) is 11.6 Å². The van der Waals surface area contributed by atoms with Gasteiger partial charge in [0.2, 0.25) is 0 Å². The molecular formula is C11H17BrClNS. The highest BCUT2D eigenvalue weighted by atomic mass is 79.9. The Kier molecular flexibility index (Phi) is 5.61. The van der Waals surface area contributed by atoms with Gasteiger partial charge in [-0.15, -0.1) is 22.9 Å². The fourth-order valence-electron chi connectivity index (χ4n) is 1.34. The second-order valence-electron chi connectivity index (χ2n) is 3.90. The third-order valence-corrected chi connectivity index (χ3v) is 4.91. The van der Waals surface area contributed by atoms with E-state index >= 15 is 0 Å². The number of alkyl halides is 1. The van der Waals surface area contributed by atoms with Crippen molar-refractivity contribution in [2.75, 3.05) is 5.88 Å². The lowest BCUT2D eigenvalue weighted by molar-refractivity contribution is 0.332. The van der Waals surface area contributed by atoms with E-state index in [0.29, 0.717) is 5.88 Å². The topological polar surface area (TPSA) is 12.0 Å². The first-order valence-corrected chi connectivity index (χ1v) is 7.35. The van der Waals surface area contributed by atoms with Crippen LogP contribution in [0.2, 0.25) is 0 Å². The molecule has 0 radical (unpaired) electrons. The van der Waals surface area contributed by atoms with Crippen LogP contribution in [0.15, 0.2) is 15.9 Å². The van der Waals surface area contributed by atoms with Crippen molar-refractivity contribution in [3.8, 4) is 0 Å². The van der Waals surface area contributed by atoms with Crippen molar-refractivity contribution in [3.63, 3.8) is 0 Å². The van der Waals surface area contributed by atoms with Crippen molar-refractivity contribution < 1.29 is 0 Å². The highest BCUT2D eigenvalue weighted by Crippen LogP contribution is 2.24. The molecule has 1 N–H and O–H groups in total. The number of rotatable bonds is 6. The van der Waals surface area contributed by atoms with Gasteiger partial charge >= 0.3 is 0 Å². The maximum atomic E-state index is 5.81. The van der Waals surface area contributed by atoms with Gasteiger partial charge in [-0.2, -0.15) is 0 Å². The van der Waals surface area contributed by atoms with E-state index in [1.165, 1.54) is 9.35 Å². The van der Waals surface area contributed by atoms with Crippen molar-refractivity contribution in [1.82, 2.24) is 5.32 Å². The molecule has 0 fully saturated rings. The SMILES string of the molecule is CCC(C)(CCCl)NCc1sccc1Br. The van der Waals surface area contributed by atoms with Crippen molar-refractivity contribution in [1.29, 1.82) is 0 Å². The number of halogens is 2. The lowest BCUT2D eigenvalue weighted by Gasteiger charge is -2.29. The fraction of sp³-hybridized carbons (Fsp3) is 0.636. The lowest BCUT2D eigenvalue weighted by Crippen LogP contribution is -2.41. The molecule has 0 amide bonds. The first-order chi connectivity index (χ1) is 7.11. The van der Waals surface area contributed by atoms with Gasteiger partial charge in [-0.1, -0.05) is 6.92 Å². The van der Waals surface area contributed by atoms with Crippen LogP contribution >= 0.6 is 38.9 Å². The molecule has 1 heterocycles. The Morgan fingerprint density at radius 2 is 2.33 bits per heavy atom. The van der Waals surface area contributed by atoms with Crippen LogP contribution in [0.25, 0.3) is 0 Å². The molecule has 15 heavy (non-hydrogen) atoms. The van der Waals surface area contributed by atoms with Crippen LogP contribution in [0, 0.1) is 0 Å². The lowest BCUT2D eigenvalue weighted by atomic mass is 9.95. The minimum Gasteiger partial charge on any atom is -0.307 e. The van der Waals surface area contributed by atoms with Gasteiger partial charge in [-0.25, -0.2) is 0 Å². The second-order valence-corrected chi connectivity index (χ2v) is 6.13. The minimum atomic E-state index is 0.158. The molecule has 0 spiro atoms. The summed E-state index contributed by atoms with van der Waals surface area (Å²) in [5.41, 5.74) is 0.158. The molecule has 4 heteroatoms. The van der Waals surface area contributed by atoms with E-state index in [1.54, 1.807) is 11.3 Å². The third-order valence-electron chi connectivity index (χ3n) is 2.79. The van der Waals surface area contributed by atoms with Gasteiger partial charge in [0.05, 0.1) is 0 Å². The zero-order valence-electron chi connectivity index (χ0n) is 9.15. The fourth-order valence-corrected chi connectivity index (χ4v) is 3.19. The molecule has 1 aromatic heterocycles.